The molecule has 0 heterocycles. The first-order chi connectivity index (χ1) is 8.83. The van der Waals surface area contributed by atoms with Crippen LogP contribution in [0.3, 0.4) is 0 Å². The maximum absolute atomic E-state index is 12.1. The van der Waals surface area contributed by atoms with Crippen LogP contribution in [0.2, 0.25) is 0 Å². The van der Waals surface area contributed by atoms with Crippen molar-refractivity contribution in [1.82, 2.24) is 4.72 Å². The molecule has 0 unspecified atom stereocenters. The van der Waals surface area contributed by atoms with Gasteiger partial charge >= 0.3 is 0 Å². The Morgan fingerprint density at radius 3 is 2.63 bits per heavy atom. The van der Waals surface area contributed by atoms with Crippen LogP contribution in [0.15, 0.2) is 23.1 Å². The minimum atomic E-state index is -3.43. The van der Waals surface area contributed by atoms with Crippen LogP contribution in [0.4, 0.5) is 0 Å². The maximum atomic E-state index is 12.1. The maximum Gasteiger partial charge on any atom is 0.240 e. The summed E-state index contributed by atoms with van der Waals surface area (Å²) in [5.41, 5.74) is 7.06. The van der Waals surface area contributed by atoms with E-state index < -0.39 is 10.0 Å². The van der Waals surface area contributed by atoms with Crippen molar-refractivity contribution in [3.05, 3.63) is 29.3 Å². The van der Waals surface area contributed by atoms with E-state index in [-0.39, 0.29) is 0 Å². The Kier molecular flexibility index (Phi) is 5.90. The van der Waals surface area contributed by atoms with Crippen LogP contribution in [0.25, 0.3) is 0 Å². The van der Waals surface area contributed by atoms with Crippen molar-refractivity contribution >= 4 is 27.2 Å². The minimum absolute atomic E-state index is 0.349. The van der Waals surface area contributed by atoms with E-state index in [1.54, 1.807) is 13.0 Å². The lowest BCUT2D eigenvalue weighted by molar-refractivity contribution is 0.577. The summed E-state index contributed by atoms with van der Waals surface area (Å²) in [5.74, 6) is 0. The third-order valence-corrected chi connectivity index (χ3v) is 4.58. The fourth-order valence-corrected chi connectivity index (χ4v) is 3.25. The summed E-state index contributed by atoms with van der Waals surface area (Å²) in [6.45, 7) is 4.07. The average molecular weight is 300 g/mol. The molecular weight excluding hydrogens is 280 g/mol. The minimum Gasteiger partial charge on any atom is -0.393 e. The highest BCUT2D eigenvalue weighted by Gasteiger charge is 2.15. The first-order valence-electron chi connectivity index (χ1n) is 6.18. The Morgan fingerprint density at radius 1 is 1.32 bits per heavy atom. The Morgan fingerprint density at radius 2 is 2.00 bits per heavy atom. The van der Waals surface area contributed by atoms with E-state index in [0.717, 1.165) is 24.0 Å². The molecule has 3 N–H and O–H groups in total. The molecule has 1 aromatic carbocycles. The molecule has 19 heavy (non-hydrogen) atoms. The molecule has 0 atom stereocenters. The quantitative estimate of drug-likeness (QED) is 0.597. The van der Waals surface area contributed by atoms with E-state index in [1.165, 1.54) is 0 Å². The van der Waals surface area contributed by atoms with Gasteiger partial charge in [0.2, 0.25) is 10.0 Å². The van der Waals surface area contributed by atoms with Crippen molar-refractivity contribution in [3.63, 3.8) is 0 Å². The molecule has 0 aliphatic carbocycles. The predicted molar refractivity (Wildman–Crippen MR) is 81.7 cm³/mol. The fraction of sp³-hybridized carbons (Fsp3) is 0.462. The zero-order chi connectivity index (χ0) is 14.5. The van der Waals surface area contributed by atoms with Crippen molar-refractivity contribution in [2.24, 2.45) is 5.73 Å². The highest BCUT2D eigenvalue weighted by Crippen LogP contribution is 2.16. The van der Waals surface area contributed by atoms with Crippen LogP contribution in [-0.2, 0) is 10.0 Å². The van der Waals surface area contributed by atoms with Crippen molar-refractivity contribution in [1.29, 1.82) is 0 Å². The molecule has 0 amide bonds. The van der Waals surface area contributed by atoms with E-state index in [0.29, 0.717) is 22.8 Å². The molecule has 0 aromatic heterocycles. The van der Waals surface area contributed by atoms with Gasteiger partial charge in [-0.25, -0.2) is 13.1 Å². The molecule has 6 heteroatoms. The van der Waals surface area contributed by atoms with Crippen molar-refractivity contribution in [2.75, 3.05) is 6.54 Å². The van der Waals surface area contributed by atoms with Crippen molar-refractivity contribution in [2.45, 2.75) is 38.0 Å². The molecule has 1 aromatic rings. The summed E-state index contributed by atoms with van der Waals surface area (Å²) in [5, 5.41) is 0. The SMILES string of the molecule is Cc1ccc(C)c(S(=O)(=O)NCCCCC(N)=S)c1. The molecule has 1 rings (SSSR count). The van der Waals surface area contributed by atoms with Crippen LogP contribution in [0.5, 0.6) is 0 Å². The summed E-state index contributed by atoms with van der Waals surface area (Å²) in [6, 6.07) is 5.40. The van der Waals surface area contributed by atoms with Crippen LogP contribution in [-0.4, -0.2) is 20.0 Å². The van der Waals surface area contributed by atoms with Gasteiger partial charge in [-0.2, -0.15) is 0 Å². The average Bonchev–Trinajstić information content (AvgIpc) is 2.31. The van der Waals surface area contributed by atoms with E-state index in [9.17, 15) is 8.42 Å². The zero-order valence-corrected chi connectivity index (χ0v) is 12.9. The third kappa shape index (κ3) is 5.26. The van der Waals surface area contributed by atoms with E-state index >= 15 is 0 Å². The molecule has 0 spiro atoms. The van der Waals surface area contributed by atoms with Gasteiger partial charge in [-0.1, -0.05) is 24.4 Å². The summed E-state index contributed by atoms with van der Waals surface area (Å²) in [4.78, 5) is 0.819. The van der Waals surface area contributed by atoms with Gasteiger partial charge < -0.3 is 5.73 Å². The second-order valence-electron chi connectivity index (χ2n) is 4.59. The molecule has 4 nitrogen and oxygen atoms in total. The van der Waals surface area contributed by atoms with Gasteiger partial charge in [-0.3, -0.25) is 0 Å². The van der Waals surface area contributed by atoms with Crippen LogP contribution < -0.4 is 10.5 Å². The standard InChI is InChI=1S/C13H20N2O2S2/c1-10-6-7-11(2)12(9-10)19(16,17)15-8-4-3-5-13(14)18/h6-7,9,15H,3-5,8H2,1-2H3,(H2,14,18). The second kappa shape index (κ2) is 6.98. The molecule has 106 valence electrons. The fourth-order valence-electron chi connectivity index (χ4n) is 1.71. The van der Waals surface area contributed by atoms with Gasteiger partial charge in [0, 0.05) is 6.54 Å². The van der Waals surface area contributed by atoms with E-state index in [4.69, 9.17) is 18.0 Å². The van der Waals surface area contributed by atoms with Crippen LogP contribution in [0, 0.1) is 13.8 Å². The Bertz CT molecular complexity index is 554. The largest absolute Gasteiger partial charge is 0.393 e. The number of hydrogen-bond acceptors (Lipinski definition) is 3. The molecule has 0 fully saturated rings. The topological polar surface area (TPSA) is 72.2 Å². The molecule has 0 saturated heterocycles. The van der Waals surface area contributed by atoms with Gasteiger partial charge in [-0.05, 0) is 50.3 Å². The Hall–Kier alpha value is -0.980. The predicted octanol–water partition coefficient (Wildman–Crippen LogP) is 2.04. The summed E-state index contributed by atoms with van der Waals surface area (Å²) >= 11 is 4.77. The number of nitrogens with one attached hydrogen (secondary N) is 1. The lowest BCUT2D eigenvalue weighted by Crippen LogP contribution is -2.25. The smallest absolute Gasteiger partial charge is 0.240 e. The number of thiocarbonyl (C=S) groups is 1. The molecular formula is C13H20N2O2S2. The summed E-state index contributed by atoms with van der Waals surface area (Å²) in [6.07, 6.45) is 2.17. The number of benzene rings is 1. The number of rotatable bonds is 7. The lowest BCUT2D eigenvalue weighted by Gasteiger charge is -2.10. The van der Waals surface area contributed by atoms with Gasteiger partial charge in [0.05, 0.1) is 9.88 Å². The van der Waals surface area contributed by atoms with Crippen molar-refractivity contribution in [3.8, 4) is 0 Å². The molecule has 0 aliphatic rings. The number of hydrogen-bond donors (Lipinski definition) is 2. The normalized spacial score (nSPS) is 11.5. The summed E-state index contributed by atoms with van der Waals surface area (Å²) in [7, 11) is -3.43. The van der Waals surface area contributed by atoms with Crippen molar-refractivity contribution < 1.29 is 8.42 Å². The number of nitrogens with two attached hydrogens (primary N) is 1. The molecule has 0 aliphatic heterocycles. The Balaban J connectivity index is 2.61. The first kappa shape index (κ1) is 16.1. The zero-order valence-electron chi connectivity index (χ0n) is 11.3. The van der Waals surface area contributed by atoms with E-state index in [1.807, 2.05) is 19.1 Å². The molecule has 0 saturated carbocycles. The second-order valence-corrected chi connectivity index (χ2v) is 6.85. The lowest BCUT2D eigenvalue weighted by atomic mass is 10.2. The van der Waals surface area contributed by atoms with E-state index in [2.05, 4.69) is 4.72 Å². The van der Waals surface area contributed by atoms with Gasteiger partial charge in [0.25, 0.3) is 0 Å². The number of aryl methyl sites for hydroxylation is 2. The molecule has 0 bridgehead atoms. The highest BCUT2D eigenvalue weighted by atomic mass is 32.2. The summed E-state index contributed by atoms with van der Waals surface area (Å²) < 4.78 is 26.9. The van der Waals surface area contributed by atoms with Gasteiger partial charge in [0.1, 0.15) is 0 Å². The van der Waals surface area contributed by atoms with Gasteiger partial charge in [0.15, 0.2) is 0 Å². The Labute approximate surface area is 120 Å². The third-order valence-electron chi connectivity index (χ3n) is 2.78. The highest BCUT2D eigenvalue weighted by molar-refractivity contribution is 7.89. The number of sulfonamides is 1. The van der Waals surface area contributed by atoms with Crippen LogP contribution >= 0.6 is 12.2 Å². The monoisotopic (exact) mass is 300 g/mol. The number of unbranched alkanes of at least 4 members (excludes halogenated alkanes) is 1. The van der Waals surface area contributed by atoms with Crippen LogP contribution in [0.1, 0.15) is 30.4 Å². The first-order valence-corrected chi connectivity index (χ1v) is 8.07. The van der Waals surface area contributed by atoms with Gasteiger partial charge in [-0.15, -0.1) is 0 Å². The molecule has 0 radical (unpaired) electrons.